The number of H-pyrrole nitrogens is 1. The van der Waals surface area contributed by atoms with Gasteiger partial charge in [0.1, 0.15) is 11.6 Å². The number of hydrogen-bond acceptors (Lipinski definition) is 6. The number of hydrogen-bond donors (Lipinski definition) is 2. The summed E-state index contributed by atoms with van der Waals surface area (Å²) in [7, 11) is 1.54. The van der Waals surface area contributed by atoms with Crippen LogP contribution in [0.1, 0.15) is 36.9 Å². The zero-order chi connectivity index (χ0) is 23.2. The molecule has 33 heavy (non-hydrogen) atoms. The Morgan fingerprint density at radius 2 is 2.06 bits per heavy atom. The van der Waals surface area contributed by atoms with Gasteiger partial charge >= 0.3 is 6.18 Å². The summed E-state index contributed by atoms with van der Waals surface area (Å²) in [6.07, 6.45) is -1.39. The van der Waals surface area contributed by atoms with E-state index in [-0.39, 0.29) is 18.3 Å². The maximum atomic E-state index is 14.0. The molecule has 0 amide bonds. The normalized spacial score (nSPS) is 22.7. The topological polar surface area (TPSA) is 81.9 Å². The first kappa shape index (κ1) is 22.0. The summed E-state index contributed by atoms with van der Waals surface area (Å²) in [5.74, 6) is 1.32. The summed E-state index contributed by atoms with van der Waals surface area (Å²) < 4.78 is 56.1. The van der Waals surface area contributed by atoms with Crippen molar-refractivity contribution in [1.29, 1.82) is 0 Å². The molecule has 1 saturated heterocycles. The number of benzene rings is 1. The number of alkyl halides is 3. The first-order valence-electron chi connectivity index (χ1n) is 10.7. The molecule has 4 heterocycles. The number of nitrogens with zero attached hydrogens (tertiary/aromatic N) is 4. The number of fused-ring (bicyclic) bond motifs is 1. The number of anilines is 1. The van der Waals surface area contributed by atoms with E-state index in [9.17, 15) is 13.2 Å². The number of methoxy groups -OCH3 is 1. The Hall–Kier alpha value is -2.86. The highest BCUT2D eigenvalue weighted by Crippen LogP contribution is 2.46. The van der Waals surface area contributed by atoms with Gasteiger partial charge in [0.05, 0.1) is 37.6 Å². The van der Waals surface area contributed by atoms with Crippen molar-refractivity contribution in [2.45, 2.75) is 50.2 Å². The highest BCUT2D eigenvalue weighted by molar-refractivity contribution is 7.71. The lowest BCUT2D eigenvalue weighted by atomic mass is 9.96. The zero-order valence-corrected chi connectivity index (χ0v) is 18.6. The fourth-order valence-corrected chi connectivity index (χ4v) is 4.67. The third-order valence-electron chi connectivity index (χ3n) is 6.17. The molecule has 2 aliphatic rings. The second-order valence-corrected chi connectivity index (χ2v) is 8.60. The van der Waals surface area contributed by atoms with Crippen LogP contribution in [0.2, 0.25) is 0 Å². The lowest BCUT2D eigenvalue weighted by molar-refractivity contribution is -0.173. The molecule has 1 aromatic carbocycles. The smallest absolute Gasteiger partial charge is 0.410 e. The van der Waals surface area contributed by atoms with Crippen molar-refractivity contribution >= 4 is 18.0 Å². The summed E-state index contributed by atoms with van der Waals surface area (Å²) >= 11 is 5.39. The molecular formula is C21H23F3N6O2S. The van der Waals surface area contributed by atoms with Crippen LogP contribution in [0.15, 0.2) is 30.5 Å². The third-order valence-corrected chi connectivity index (χ3v) is 6.48. The van der Waals surface area contributed by atoms with Gasteiger partial charge in [-0.25, -0.2) is 4.68 Å². The maximum Gasteiger partial charge on any atom is 0.410 e. The molecule has 0 saturated carbocycles. The Morgan fingerprint density at radius 3 is 2.73 bits per heavy atom. The van der Waals surface area contributed by atoms with Crippen LogP contribution < -0.4 is 10.1 Å². The molecule has 3 aromatic rings. The fraction of sp³-hybridized carbons (Fsp3) is 0.476. The number of aromatic nitrogens is 5. The second kappa shape index (κ2) is 8.49. The maximum absolute atomic E-state index is 14.0. The molecule has 176 valence electrons. The van der Waals surface area contributed by atoms with Gasteiger partial charge in [0.2, 0.25) is 0 Å². The third kappa shape index (κ3) is 4.12. The number of aromatic amines is 1. The van der Waals surface area contributed by atoms with Crippen molar-refractivity contribution in [2.24, 2.45) is 0 Å². The number of halogens is 3. The minimum atomic E-state index is -4.47. The van der Waals surface area contributed by atoms with Gasteiger partial charge < -0.3 is 14.8 Å². The average Bonchev–Trinajstić information content (AvgIpc) is 3.54. The van der Waals surface area contributed by atoms with E-state index in [1.807, 2.05) is 0 Å². The van der Waals surface area contributed by atoms with Gasteiger partial charge in [0.25, 0.3) is 0 Å². The molecule has 0 spiro atoms. The summed E-state index contributed by atoms with van der Waals surface area (Å²) in [6.45, 7) is 1.16. The highest BCUT2D eigenvalue weighted by Gasteiger charge is 2.47. The summed E-state index contributed by atoms with van der Waals surface area (Å²) in [5, 5.41) is 14.4. The van der Waals surface area contributed by atoms with Crippen LogP contribution in [-0.2, 0) is 11.3 Å². The van der Waals surface area contributed by atoms with Crippen LogP contribution in [0, 0.1) is 4.77 Å². The minimum Gasteiger partial charge on any atom is -0.497 e. The lowest BCUT2D eigenvalue weighted by Crippen LogP contribution is -2.35. The van der Waals surface area contributed by atoms with Crippen LogP contribution >= 0.6 is 12.2 Å². The van der Waals surface area contributed by atoms with Gasteiger partial charge in [-0.15, -0.1) is 0 Å². The molecule has 0 unspecified atom stereocenters. The molecule has 2 aromatic heterocycles. The number of ether oxygens (including phenoxy) is 2. The molecule has 2 aliphatic heterocycles. The summed E-state index contributed by atoms with van der Waals surface area (Å²) in [6, 6.07) is 4.66. The van der Waals surface area contributed by atoms with Gasteiger partial charge in [-0.1, -0.05) is 12.1 Å². The minimum absolute atomic E-state index is 0.0117. The Labute approximate surface area is 192 Å². The molecule has 0 radical (unpaired) electrons. The predicted octanol–water partition coefficient (Wildman–Crippen LogP) is 4.65. The van der Waals surface area contributed by atoms with Gasteiger partial charge in [-0.3, -0.25) is 9.67 Å². The van der Waals surface area contributed by atoms with E-state index in [1.165, 1.54) is 6.20 Å². The zero-order valence-electron chi connectivity index (χ0n) is 17.8. The largest absolute Gasteiger partial charge is 0.497 e. The second-order valence-electron chi connectivity index (χ2n) is 8.21. The Bertz CT molecular complexity index is 1180. The monoisotopic (exact) mass is 480 g/mol. The molecule has 3 atom stereocenters. The van der Waals surface area contributed by atoms with Crippen molar-refractivity contribution in [1.82, 2.24) is 24.5 Å². The fourth-order valence-electron chi connectivity index (χ4n) is 4.47. The van der Waals surface area contributed by atoms with E-state index in [1.54, 1.807) is 35.9 Å². The number of rotatable bonds is 5. The van der Waals surface area contributed by atoms with Crippen LogP contribution in [0.3, 0.4) is 0 Å². The van der Waals surface area contributed by atoms with Gasteiger partial charge in [0.15, 0.2) is 16.6 Å². The first-order chi connectivity index (χ1) is 15.8. The molecule has 5 rings (SSSR count). The molecule has 2 N–H and O–H groups in total. The van der Waals surface area contributed by atoms with Crippen molar-refractivity contribution < 1.29 is 22.6 Å². The summed E-state index contributed by atoms with van der Waals surface area (Å²) in [5.41, 5.74) is 1.18. The van der Waals surface area contributed by atoms with E-state index in [4.69, 9.17) is 21.7 Å². The molecule has 12 heteroatoms. The van der Waals surface area contributed by atoms with Crippen molar-refractivity contribution in [3.63, 3.8) is 0 Å². The van der Waals surface area contributed by atoms with Crippen LogP contribution in [0.5, 0.6) is 5.75 Å². The molecule has 0 bridgehead atoms. The Kier molecular flexibility index (Phi) is 5.65. The molecule has 1 fully saturated rings. The van der Waals surface area contributed by atoms with Crippen molar-refractivity contribution in [3.05, 3.63) is 40.8 Å². The average molecular weight is 481 g/mol. The molecule has 8 nitrogen and oxygen atoms in total. The van der Waals surface area contributed by atoms with E-state index >= 15 is 0 Å². The first-order valence-corrected chi connectivity index (χ1v) is 11.1. The van der Waals surface area contributed by atoms with Crippen LogP contribution in [0.4, 0.5) is 19.0 Å². The van der Waals surface area contributed by atoms with Crippen molar-refractivity contribution in [3.8, 4) is 17.1 Å². The number of nitrogens with one attached hydrogen (secondary N) is 2. The Morgan fingerprint density at radius 1 is 1.27 bits per heavy atom. The van der Waals surface area contributed by atoms with Gasteiger partial charge in [-0.05, 0) is 42.8 Å². The van der Waals surface area contributed by atoms with Crippen molar-refractivity contribution in [2.75, 3.05) is 19.0 Å². The lowest BCUT2D eigenvalue weighted by Gasteiger charge is -2.34. The van der Waals surface area contributed by atoms with E-state index in [0.29, 0.717) is 35.1 Å². The molecular weight excluding hydrogens is 457 g/mol. The van der Waals surface area contributed by atoms with E-state index < -0.39 is 18.3 Å². The SMILES string of the molecule is COc1ccc([C@@H]2C[C@H](C(F)(F)F)n3ncc(-c4n[nH]c(=S)n4C[C@H]4CCCO4)c3N2)cc1. The van der Waals surface area contributed by atoms with E-state index in [2.05, 4.69) is 20.6 Å². The molecule has 0 aliphatic carbocycles. The standard InChI is InChI=1S/C21H23F3N6O2S/c1-31-13-6-4-12(5-7-13)16-9-17(21(22,23)24)30-18(26-16)15(10-25-30)19-27-28-20(33)29(19)11-14-3-2-8-32-14/h4-7,10,14,16-17,26H,2-3,8-9,11H2,1H3,(H,28,33)/t14-,16+,17-/m1/s1. The quantitative estimate of drug-likeness (QED) is 0.518. The van der Waals surface area contributed by atoms with Gasteiger partial charge in [0, 0.05) is 13.0 Å². The predicted molar refractivity (Wildman–Crippen MR) is 117 cm³/mol. The highest BCUT2D eigenvalue weighted by atomic mass is 32.1. The van der Waals surface area contributed by atoms with Crippen LogP contribution in [0.25, 0.3) is 11.4 Å². The van der Waals surface area contributed by atoms with E-state index in [0.717, 1.165) is 23.1 Å². The Balaban J connectivity index is 1.55. The summed E-state index contributed by atoms with van der Waals surface area (Å²) in [4.78, 5) is 0. The van der Waals surface area contributed by atoms with Crippen LogP contribution in [-0.4, -0.2) is 50.5 Å². The van der Waals surface area contributed by atoms with Gasteiger partial charge in [-0.2, -0.15) is 23.4 Å².